The number of thioether (sulfide) groups is 1. The molecule has 5 aromatic rings. The minimum atomic E-state index is -1.97. The predicted molar refractivity (Wildman–Crippen MR) is 198 cm³/mol. The maximum Gasteiger partial charge on any atom is 0.237 e. The highest BCUT2D eigenvalue weighted by molar-refractivity contribution is 7.98. The summed E-state index contributed by atoms with van der Waals surface area (Å²) in [7, 11) is 6.36. The van der Waals surface area contributed by atoms with Crippen molar-refractivity contribution in [3.05, 3.63) is 87.9 Å². The van der Waals surface area contributed by atoms with E-state index in [-0.39, 0.29) is 52.1 Å². The number of halogens is 1. The molecule has 1 N–H and O–H groups in total. The van der Waals surface area contributed by atoms with Gasteiger partial charge in [0.1, 0.15) is 45.2 Å². The molecular formula is C39H38ClN3O8S. The highest BCUT2D eigenvalue weighted by Crippen LogP contribution is 2.54. The molecule has 3 atom stereocenters. The van der Waals surface area contributed by atoms with E-state index in [2.05, 4.69) is 5.32 Å². The van der Waals surface area contributed by atoms with E-state index >= 15 is 0 Å². The molecular weight excluding hydrogens is 706 g/mol. The number of para-hydroxylation sites is 2. The molecule has 0 fully saturated rings. The molecule has 1 aliphatic carbocycles. The van der Waals surface area contributed by atoms with Crippen molar-refractivity contribution in [2.45, 2.75) is 37.8 Å². The van der Waals surface area contributed by atoms with Crippen molar-refractivity contribution in [2.24, 2.45) is 13.0 Å². The molecule has 270 valence electrons. The smallest absolute Gasteiger partial charge is 0.237 e. The van der Waals surface area contributed by atoms with Crippen LogP contribution in [0.4, 0.5) is 0 Å². The van der Waals surface area contributed by atoms with E-state index < -0.39 is 29.1 Å². The molecule has 2 aromatic heterocycles. The average molecular weight is 744 g/mol. The fourth-order valence-corrected chi connectivity index (χ4v) is 8.10. The number of nitrogens with zero attached hydrogens (tertiary/aromatic N) is 2. The third-order valence-electron chi connectivity index (χ3n) is 10.0. The van der Waals surface area contributed by atoms with Crippen molar-refractivity contribution < 1.29 is 37.7 Å². The Morgan fingerprint density at radius 1 is 1.06 bits per heavy atom. The van der Waals surface area contributed by atoms with Gasteiger partial charge in [0.2, 0.25) is 23.1 Å². The summed E-state index contributed by atoms with van der Waals surface area (Å²) in [6, 6.07) is 16.1. The zero-order valence-corrected chi connectivity index (χ0v) is 31.2. The summed E-state index contributed by atoms with van der Waals surface area (Å²) in [5.41, 5.74) is 1.01. The van der Waals surface area contributed by atoms with Crippen molar-refractivity contribution in [3.8, 4) is 34.3 Å². The van der Waals surface area contributed by atoms with Gasteiger partial charge in [0.15, 0.2) is 5.75 Å². The Hall–Kier alpha value is -4.94. The van der Waals surface area contributed by atoms with Crippen LogP contribution in [0.25, 0.3) is 22.4 Å². The van der Waals surface area contributed by atoms with Crippen molar-refractivity contribution >= 4 is 51.9 Å². The van der Waals surface area contributed by atoms with Gasteiger partial charge < -0.3 is 33.2 Å². The third-order valence-corrected chi connectivity index (χ3v) is 11.0. The number of fused-ring (bicyclic) bond motifs is 3. The van der Waals surface area contributed by atoms with Crippen LogP contribution in [-0.4, -0.2) is 66.0 Å². The van der Waals surface area contributed by atoms with Gasteiger partial charge in [-0.05, 0) is 54.8 Å². The van der Waals surface area contributed by atoms with Crippen molar-refractivity contribution in [1.82, 2.24) is 14.9 Å². The largest absolute Gasteiger partial charge is 0.497 e. The molecule has 0 radical (unpaired) electrons. The number of rotatable bonds is 11. The number of hydrogen-bond donors (Lipinski definition) is 1. The first-order chi connectivity index (χ1) is 25.1. The zero-order chi connectivity index (χ0) is 36.9. The van der Waals surface area contributed by atoms with E-state index in [4.69, 9.17) is 39.9 Å². The number of furan rings is 1. The van der Waals surface area contributed by atoms with Crippen LogP contribution in [0.5, 0.6) is 23.0 Å². The second kappa shape index (κ2) is 13.9. The van der Waals surface area contributed by atoms with Crippen LogP contribution in [-0.2, 0) is 24.7 Å². The van der Waals surface area contributed by atoms with Crippen molar-refractivity contribution in [2.75, 3.05) is 33.3 Å². The second-order valence-electron chi connectivity index (χ2n) is 12.9. The molecule has 52 heavy (non-hydrogen) atoms. The van der Waals surface area contributed by atoms with Crippen molar-refractivity contribution in [3.63, 3.8) is 0 Å². The van der Waals surface area contributed by atoms with E-state index in [1.54, 1.807) is 50.1 Å². The molecule has 3 heterocycles. The van der Waals surface area contributed by atoms with Crippen LogP contribution >= 0.6 is 23.4 Å². The SMILES string of the molecule is COc1ccc(-c2oc3c(c2CC(=O)N[C@@H](CCSC)c2nc4ccccc4n2C)C(=O)[C@@]2(Oc4c(Cl)c(OC)cc(OC)c4C2=O)[C@H](C)C3)cc1. The molecule has 13 heteroatoms. The van der Waals surface area contributed by atoms with E-state index in [0.717, 1.165) is 22.6 Å². The number of aromatic nitrogens is 2. The van der Waals surface area contributed by atoms with Crippen molar-refractivity contribution in [1.29, 1.82) is 0 Å². The molecule has 1 spiro atoms. The Labute approximate surface area is 309 Å². The molecule has 0 saturated heterocycles. The number of hydrogen-bond acceptors (Lipinski definition) is 10. The normalized spacial score (nSPS) is 18.2. The number of Topliss-reactive ketones (excluding diaryl/α,β-unsaturated/α-hetero) is 2. The lowest BCUT2D eigenvalue weighted by Gasteiger charge is -2.35. The van der Waals surface area contributed by atoms with Gasteiger partial charge in [-0.3, -0.25) is 14.4 Å². The first-order valence-electron chi connectivity index (χ1n) is 16.8. The number of benzene rings is 3. The molecule has 1 aliphatic heterocycles. The maximum atomic E-state index is 15.0. The van der Waals surface area contributed by atoms with E-state index in [1.807, 2.05) is 42.1 Å². The predicted octanol–water partition coefficient (Wildman–Crippen LogP) is 7.05. The van der Waals surface area contributed by atoms with Gasteiger partial charge in [0, 0.05) is 36.6 Å². The van der Waals surface area contributed by atoms with E-state index in [0.29, 0.717) is 34.8 Å². The van der Waals surface area contributed by atoms with Gasteiger partial charge >= 0.3 is 0 Å². The summed E-state index contributed by atoms with van der Waals surface area (Å²) < 4.78 is 31.2. The van der Waals surface area contributed by atoms with Gasteiger partial charge in [-0.15, -0.1) is 0 Å². The molecule has 0 saturated carbocycles. The minimum absolute atomic E-state index is 0.0174. The number of methoxy groups -OCH3 is 3. The molecule has 7 rings (SSSR count). The zero-order valence-electron chi connectivity index (χ0n) is 29.6. The standard InChI is InChI=1S/C39H38ClN3O8S/c1-20-17-28-31(36(45)39(20)37(46)32-27(48-4)19-29(49-5)33(40)35(32)51-39)23(34(50-28)21-11-13-22(47-3)14-12-21)18-30(44)41-25(15-16-52-6)38-42-24-9-7-8-10-26(24)43(38)2/h7-14,19-20,25H,15-18H2,1-6H3,(H,41,44)/t20-,25+,39+/m1/s1. The first kappa shape index (κ1) is 35.5. The summed E-state index contributed by atoms with van der Waals surface area (Å²) in [6.45, 7) is 1.76. The lowest BCUT2D eigenvalue weighted by Crippen LogP contribution is -2.56. The monoisotopic (exact) mass is 743 g/mol. The Bertz CT molecular complexity index is 2230. The summed E-state index contributed by atoms with van der Waals surface area (Å²) in [6.07, 6.45) is 2.61. The van der Waals surface area contributed by atoms with Gasteiger partial charge in [0.25, 0.3) is 0 Å². The minimum Gasteiger partial charge on any atom is -0.497 e. The Balaban J connectivity index is 1.31. The van der Waals surface area contributed by atoms with E-state index in [1.165, 1.54) is 20.3 Å². The summed E-state index contributed by atoms with van der Waals surface area (Å²) in [5, 5.41) is 3.25. The Morgan fingerprint density at radius 3 is 2.44 bits per heavy atom. The van der Waals surface area contributed by atoms with Crippen LogP contribution in [0.15, 0.2) is 59.0 Å². The van der Waals surface area contributed by atoms with Crippen LogP contribution in [0.3, 0.4) is 0 Å². The second-order valence-corrected chi connectivity index (χ2v) is 14.3. The van der Waals surface area contributed by atoms with Gasteiger partial charge in [-0.25, -0.2) is 4.98 Å². The number of imidazole rings is 1. The number of ether oxygens (including phenoxy) is 4. The average Bonchev–Trinajstić information content (AvgIpc) is 3.79. The third kappa shape index (κ3) is 5.59. The number of ketones is 2. The molecule has 0 bridgehead atoms. The lowest BCUT2D eigenvalue weighted by atomic mass is 9.70. The first-order valence-corrected chi connectivity index (χ1v) is 18.6. The number of carbonyl (C=O) groups excluding carboxylic acids is 3. The quantitative estimate of drug-likeness (QED) is 0.140. The number of amides is 1. The molecule has 2 aliphatic rings. The summed E-state index contributed by atoms with van der Waals surface area (Å²) in [4.78, 5) is 48.5. The number of carbonyl (C=O) groups is 3. The summed E-state index contributed by atoms with van der Waals surface area (Å²) >= 11 is 8.34. The number of nitrogens with one attached hydrogen (secondary N) is 1. The Kier molecular flexibility index (Phi) is 9.47. The molecule has 1 amide bonds. The highest BCUT2D eigenvalue weighted by atomic mass is 35.5. The maximum absolute atomic E-state index is 15.0. The topological polar surface area (TPSA) is 131 Å². The number of aryl methyl sites for hydroxylation is 1. The van der Waals surface area contributed by atoms with Gasteiger partial charge in [0.05, 0.1) is 50.4 Å². The molecule has 0 unspecified atom stereocenters. The Morgan fingerprint density at radius 2 is 1.77 bits per heavy atom. The highest BCUT2D eigenvalue weighted by Gasteiger charge is 2.63. The fourth-order valence-electron chi connectivity index (χ4n) is 7.36. The van der Waals surface area contributed by atoms with Crippen LogP contribution in [0, 0.1) is 5.92 Å². The van der Waals surface area contributed by atoms with Crippen LogP contribution in [0.2, 0.25) is 5.02 Å². The molecule has 3 aromatic carbocycles. The van der Waals surface area contributed by atoms with Crippen LogP contribution in [0.1, 0.15) is 57.3 Å². The van der Waals surface area contributed by atoms with E-state index in [9.17, 15) is 14.4 Å². The van der Waals surface area contributed by atoms with Crippen LogP contribution < -0.4 is 24.3 Å². The summed E-state index contributed by atoms with van der Waals surface area (Å²) in [5.74, 6) is 1.09. The fraction of sp³-hybridized carbons (Fsp3) is 0.333. The molecule has 11 nitrogen and oxygen atoms in total. The lowest BCUT2D eigenvalue weighted by molar-refractivity contribution is -0.121. The van der Waals surface area contributed by atoms with Gasteiger partial charge in [-0.1, -0.05) is 30.7 Å². The van der Waals surface area contributed by atoms with Gasteiger partial charge in [-0.2, -0.15) is 11.8 Å².